The van der Waals surface area contributed by atoms with Crippen molar-refractivity contribution in [2.75, 3.05) is 17.7 Å². The Morgan fingerprint density at radius 2 is 1.71 bits per heavy atom. The Balaban J connectivity index is 2.02. The van der Waals surface area contributed by atoms with Crippen LogP contribution in [-0.4, -0.2) is 13.2 Å². The van der Waals surface area contributed by atoms with E-state index in [0.717, 1.165) is 12.2 Å². The Morgan fingerprint density at radius 1 is 1.05 bits per heavy atom. The molecule has 1 amide bonds. The van der Waals surface area contributed by atoms with Crippen LogP contribution in [-0.2, 0) is 11.3 Å². The summed E-state index contributed by atoms with van der Waals surface area (Å²) in [6.07, 6.45) is -0.471. The van der Waals surface area contributed by atoms with Crippen LogP contribution in [0.1, 0.15) is 16.7 Å². The first-order valence-electron chi connectivity index (χ1n) is 6.83. The van der Waals surface area contributed by atoms with Gasteiger partial charge in [-0.3, -0.25) is 5.32 Å². The van der Waals surface area contributed by atoms with Gasteiger partial charge in [-0.15, -0.1) is 0 Å². The van der Waals surface area contributed by atoms with Gasteiger partial charge in [0, 0.05) is 17.9 Å². The fraction of sp³-hybridized carbons (Fsp3) is 0.235. The maximum atomic E-state index is 11.2. The molecule has 2 aromatic rings. The summed E-state index contributed by atoms with van der Waals surface area (Å²) < 4.78 is 4.58. The number of ether oxygens (including phenoxy) is 1. The van der Waals surface area contributed by atoms with Crippen LogP contribution in [0, 0.1) is 13.8 Å². The number of amides is 1. The van der Waals surface area contributed by atoms with Crippen LogP contribution < -0.4 is 10.6 Å². The zero-order valence-electron chi connectivity index (χ0n) is 12.6. The Labute approximate surface area is 125 Å². The molecule has 2 N–H and O–H groups in total. The summed E-state index contributed by atoms with van der Waals surface area (Å²) in [5.41, 5.74) is 5.40. The molecule has 0 saturated carbocycles. The topological polar surface area (TPSA) is 50.4 Å². The lowest BCUT2D eigenvalue weighted by Gasteiger charge is -2.10. The molecular formula is C17H20N2O2. The second kappa shape index (κ2) is 6.79. The van der Waals surface area contributed by atoms with Crippen molar-refractivity contribution in [2.45, 2.75) is 20.4 Å². The zero-order valence-corrected chi connectivity index (χ0v) is 12.6. The number of carbonyl (C=O) groups excluding carboxylic acids is 1. The number of rotatable bonds is 4. The molecule has 21 heavy (non-hydrogen) atoms. The van der Waals surface area contributed by atoms with Gasteiger partial charge in [0.25, 0.3) is 0 Å². The lowest BCUT2D eigenvalue weighted by atomic mass is 10.1. The highest BCUT2D eigenvalue weighted by Gasteiger charge is 2.02. The predicted molar refractivity (Wildman–Crippen MR) is 85.7 cm³/mol. The Hall–Kier alpha value is -2.49. The van der Waals surface area contributed by atoms with Crippen LogP contribution in [0.3, 0.4) is 0 Å². The molecule has 0 spiro atoms. The van der Waals surface area contributed by atoms with E-state index in [1.807, 2.05) is 24.3 Å². The van der Waals surface area contributed by atoms with E-state index in [0.29, 0.717) is 5.69 Å². The third-order valence-corrected chi connectivity index (χ3v) is 3.07. The van der Waals surface area contributed by atoms with Crippen LogP contribution >= 0.6 is 0 Å². The van der Waals surface area contributed by atoms with E-state index >= 15 is 0 Å². The lowest BCUT2D eigenvalue weighted by molar-refractivity contribution is 0.187. The molecule has 0 aliphatic rings. The molecule has 0 radical (unpaired) electrons. The van der Waals surface area contributed by atoms with E-state index in [2.05, 4.69) is 47.4 Å². The maximum absolute atomic E-state index is 11.2. The number of methoxy groups -OCH3 is 1. The molecule has 110 valence electrons. The molecule has 4 nitrogen and oxygen atoms in total. The third-order valence-electron chi connectivity index (χ3n) is 3.07. The van der Waals surface area contributed by atoms with Crippen LogP contribution in [0.15, 0.2) is 42.5 Å². The first kappa shape index (κ1) is 14.9. The van der Waals surface area contributed by atoms with Crippen molar-refractivity contribution >= 4 is 17.5 Å². The van der Waals surface area contributed by atoms with Gasteiger partial charge in [-0.05, 0) is 37.6 Å². The average molecular weight is 284 g/mol. The Kier molecular flexibility index (Phi) is 4.82. The summed E-state index contributed by atoms with van der Waals surface area (Å²) in [7, 11) is 1.34. The van der Waals surface area contributed by atoms with Gasteiger partial charge in [-0.25, -0.2) is 4.79 Å². The number of aryl methyl sites for hydroxylation is 2. The molecule has 0 aliphatic heterocycles. The number of anilines is 2. The van der Waals surface area contributed by atoms with Gasteiger partial charge in [0.1, 0.15) is 0 Å². The van der Waals surface area contributed by atoms with Crippen molar-refractivity contribution in [3.05, 3.63) is 59.2 Å². The van der Waals surface area contributed by atoms with Gasteiger partial charge in [-0.2, -0.15) is 0 Å². The Morgan fingerprint density at radius 3 is 2.38 bits per heavy atom. The summed E-state index contributed by atoms with van der Waals surface area (Å²) in [4.78, 5) is 11.2. The molecule has 0 fully saturated rings. The molecular weight excluding hydrogens is 264 g/mol. The van der Waals surface area contributed by atoms with E-state index in [1.165, 1.54) is 23.8 Å². The summed E-state index contributed by atoms with van der Waals surface area (Å²) >= 11 is 0. The zero-order chi connectivity index (χ0) is 15.2. The molecule has 0 unspecified atom stereocenters. The van der Waals surface area contributed by atoms with Gasteiger partial charge in [0.2, 0.25) is 0 Å². The Bertz CT molecular complexity index is 618. The maximum Gasteiger partial charge on any atom is 0.411 e. The average Bonchev–Trinajstić information content (AvgIpc) is 2.44. The second-order valence-electron chi connectivity index (χ2n) is 5.05. The minimum Gasteiger partial charge on any atom is -0.453 e. The van der Waals surface area contributed by atoms with Crippen LogP contribution in [0.5, 0.6) is 0 Å². The molecule has 4 heteroatoms. The van der Waals surface area contributed by atoms with E-state index in [4.69, 9.17) is 0 Å². The van der Waals surface area contributed by atoms with E-state index in [9.17, 15) is 4.79 Å². The predicted octanol–water partition coefficient (Wildman–Crippen LogP) is 4.09. The van der Waals surface area contributed by atoms with E-state index in [1.54, 1.807) is 0 Å². The van der Waals surface area contributed by atoms with Gasteiger partial charge < -0.3 is 10.1 Å². The summed E-state index contributed by atoms with van der Waals surface area (Å²) in [5, 5.41) is 6.00. The summed E-state index contributed by atoms with van der Waals surface area (Å²) in [6.45, 7) is 4.93. The van der Waals surface area contributed by atoms with Crippen molar-refractivity contribution < 1.29 is 9.53 Å². The monoisotopic (exact) mass is 284 g/mol. The minimum atomic E-state index is -0.471. The number of benzene rings is 2. The molecule has 0 aliphatic carbocycles. The molecule has 0 atom stereocenters. The van der Waals surface area contributed by atoms with Crippen molar-refractivity contribution in [2.24, 2.45) is 0 Å². The van der Waals surface area contributed by atoms with E-state index < -0.39 is 6.09 Å². The summed E-state index contributed by atoms with van der Waals surface area (Å²) in [5.74, 6) is 0. The highest BCUT2D eigenvalue weighted by molar-refractivity contribution is 5.85. The summed E-state index contributed by atoms with van der Waals surface area (Å²) in [6, 6.07) is 14.0. The van der Waals surface area contributed by atoms with Crippen molar-refractivity contribution in [1.29, 1.82) is 0 Å². The molecule has 0 bridgehead atoms. The molecule has 0 saturated heterocycles. The standard InChI is InChI=1S/C17H20N2O2/c1-12-7-13(2)9-14(8-12)11-18-15-5-4-6-16(10-15)19-17(20)21-3/h4-10,18H,11H2,1-3H3,(H,19,20). The molecule has 2 rings (SSSR count). The molecule has 2 aromatic carbocycles. The van der Waals surface area contributed by atoms with Crippen LogP contribution in [0.4, 0.5) is 16.2 Å². The van der Waals surface area contributed by atoms with Gasteiger partial charge in [-0.1, -0.05) is 35.4 Å². The van der Waals surface area contributed by atoms with Gasteiger partial charge >= 0.3 is 6.09 Å². The van der Waals surface area contributed by atoms with E-state index in [-0.39, 0.29) is 0 Å². The fourth-order valence-corrected chi connectivity index (χ4v) is 2.25. The lowest BCUT2D eigenvalue weighted by Crippen LogP contribution is -2.11. The highest BCUT2D eigenvalue weighted by Crippen LogP contribution is 2.17. The number of carbonyl (C=O) groups is 1. The fourth-order valence-electron chi connectivity index (χ4n) is 2.25. The number of nitrogens with one attached hydrogen (secondary N) is 2. The van der Waals surface area contributed by atoms with Gasteiger partial charge in [0.15, 0.2) is 0 Å². The van der Waals surface area contributed by atoms with Crippen LogP contribution in [0.25, 0.3) is 0 Å². The quantitative estimate of drug-likeness (QED) is 0.889. The molecule has 0 aromatic heterocycles. The smallest absolute Gasteiger partial charge is 0.411 e. The largest absolute Gasteiger partial charge is 0.453 e. The normalized spacial score (nSPS) is 10.0. The highest BCUT2D eigenvalue weighted by atomic mass is 16.5. The number of hydrogen-bond donors (Lipinski definition) is 2. The van der Waals surface area contributed by atoms with Crippen LogP contribution in [0.2, 0.25) is 0 Å². The molecule has 0 heterocycles. The third kappa shape index (κ3) is 4.53. The number of hydrogen-bond acceptors (Lipinski definition) is 3. The first-order chi connectivity index (χ1) is 10.1. The van der Waals surface area contributed by atoms with Crippen molar-refractivity contribution in [3.63, 3.8) is 0 Å². The van der Waals surface area contributed by atoms with Crippen molar-refractivity contribution in [3.8, 4) is 0 Å². The first-order valence-corrected chi connectivity index (χ1v) is 6.83. The minimum absolute atomic E-state index is 0.471. The van der Waals surface area contributed by atoms with Gasteiger partial charge in [0.05, 0.1) is 7.11 Å². The second-order valence-corrected chi connectivity index (χ2v) is 5.05. The van der Waals surface area contributed by atoms with Crippen molar-refractivity contribution in [1.82, 2.24) is 0 Å². The SMILES string of the molecule is COC(=O)Nc1cccc(NCc2cc(C)cc(C)c2)c1.